The van der Waals surface area contributed by atoms with Gasteiger partial charge in [-0.05, 0) is 25.8 Å². The number of rotatable bonds is 8. The summed E-state index contributed by atoms with van der Waals surface area (Å²) in [5.41, 5.74) is 0.624. The molecule has 0 heterocycles. The fourth-order valence-corrected chi connectivity index (χ4v) is 2.04. The lowest BCUT2D eigenvalue weighted by atomic mass is 9.91. The van der Waals surface area contributed by atoms with Crippen molar-refractivity contribution in [2.24, 2.45) is 5.92 Å². The average molecular weight is 294 g/mol. The van der Waals surface area contributed by atoms with Gasteiger partial charge in [0.05, 0.1) is 25.2 Å². The van der Waals surface area contributed by atoms with Gasteiger partial charge in [-0.25, -0.2) is 0 Å². The Bertz CT molecular complexity index is 443. The Kier molecular flexibility index (Phi) is 7.46. The topological polar surface area (TPSA) is 72.8 Å². The van der Waals surface area contributed by atoms with Crippen LogP contribution >= 0.6 is 0 Å². The SMILES string of the molecule is CCOC(=O)CCC(C(=O)OCC)C(O)c1ccccc1. The van der Waals surface area contributed by atoms with Gasteiger partial charge in [-0.2, -0.15) is 0 Å². The van der Waals surface area contributed by atoms with Crippen LogP contribution in [0.3, 0.4) is 0 Å². The molecule has 0 aliphatic heterocycles. The third kappa shape index (κ3) is 5.55. The minimum Gasteiger partial charge on any atom is -0.466 e. The summed E-state index contributed by atoms with van der Waals surface area (Å²) in [6.07, 6.45) is -0.741. The van der Waals surface area contributed by atoms with Gasteiger partial charge in [0.2, 0.25) is 0 Å². The maximum absolute atomic E-state index is 12.0. The summed E-state index contributed by atoms with van der Waals surface area (Å²) in [6, 6.07) is 8.87. The summed E-state index contributed by atoms with van der Waals surface area (Å²) in [4.78, 5) is 23.4. The molecule has 2 atom stereocenters. The smallest absolute Gasteiger partial charge is 0.311 e. The molecule has 1 aromatic rings. The van der Waals surface area contributed by atoms with Crippen LogP contribution in [-0.2, 0) is 19.1 Å². The van der Waals surface area contributed by atoms with Gasteiger partial charge in [0.1, 0.15) is 0 Å². The van der Waals surface area contributed by atoms with Crippen LogP contribution in [0.15, 0.2) is 30.3 Å². The highest BCUT2D eigenvalue weighted by Gasteiger charge is 2.29. The molecule has 0 saturated heterocycles. The third-order valence-electron chi connectivity index (χ3n) is 3.08. The standard InChI is InChI=1S/C16H22O5/c1-3-20-14(17)11-10-13(16(19)21-4-2)15(18)12-8-6-5-7-9-12/h5-9,13,15,18H,3-4,10-11H2,1-2H3. The second-order valence-electron chi connectivity index (χ2n) is 4.56. The van der Waals surface area contributed by atoms with Crippen molar-refractivity contribution in [2.45, 2.75) is 32.8 Å². The molecule has 0 radical (unpaired) electrons. The molecule has 0 aliphatic carbocycles. The number of aliphatic hydroxyl groups is 1. The van der Waals surface area contributed by atoms with Crippen molar-refractivity contribution in [3.63, 3.8) is 0 Å². The van der Waals surface area contributed by atoms with Crippen molar-refractivity contribution >= 4 is 11.9 Å². The van der Waals surface area contributed by atoms with E-state index in [0.717, 1.165) is 0 Å². The molecule has 116 valence electrons. The van der Waals surface area contributed by atoms with Crippen LogP contribution < -0.4 is 0 Å². The van der Waals surface area contributed by atoms with Gasteiger partial charge in [-0.1, -0.05) is 30.3 Å². The molecule has 0 spiro atoms. The van der Waals surface area contributed by atoms with E-state index >= 15 is 0 Å². The fourth-order valence-electron chi connectivity index (χ4n) is 2.04. The number of esters is 2. The second kappa shape index (κ2) is 9.13. The van der Waals surface area contributed by atoms with E-state index in [1.807, 2.05) is 6.07 Å². The van der Waals surface area contributed by atoms with Crippen LogP contribution in [0.25, 0.3) is 0 Å². The van der Waals surface area contributed by atoms with E-state index in [2.05, 4.69) is 0 Å². The zero-order valence-corrected chi connectivity index (χ0v) is 12.5. The molecule has 2 unspecified atom stereocenters. The Hall–Kier alpha value is -1.88. The van der Waals surface area contributed by atoms with Crippen molar-refractivity contribution in [1.29, 1.82) is 0 Å². The van der Waals surface area contributed by atoms with Crippen molar-refractivity contribution in [3.8, 4) is 0 Å². The summed E-state index contributed by atoms with van der Waals surface area (Å²) < 4.78 is 9.83. The monoisotopic (exact) mass is 294 g/mol. The van der Waals surface area contributed by atoms with Crippen molar-refractivity contribution in [2.75, 3.05) is 13.2 Å². The first-order valence-corrected chi connectivity index (χ1v) is 7.15. The molecule has 0 amide bonds. The van der Waals surface area contributed by atoms with E-state index in [0.29, 0.717) is 12.2 Å². The van der Waals surface area contributed by atoms with Crippen LogP contribution in [-0.4, -0.2) is 30.3 Å². The van der Waals surface area contributed by atoms with Crippen LogP contribution in [0.1, 0.15) is 38.4 Å². The summed E-state index contributed by atoms with van der Waals surface area (Å²) in [5.74, 6) is -1.66. The molecule has 1 N–H and O–H groups in total. The number of carbonyl (C=O) groups excluding carboxylic acids is 2. The Labute approximate surface area is 124 Å². The molecule has 1 aromatic carbocycles. The molecular formula is C16H22O5. The second-order valence-corrected chi connectivity index (χ2v) is 4.56. The number of benzene rings is 1. The van der Waals surface area contributed by atoms with E-state index < -0.39 is 18.0 Å². The number of aliphatic hydroxyl groups excluding tert-OH is 1. The van der Waals surface area contributed by atoms with Crippen molar-refractivity contribution in [1.82, 2.24) is 0 Å². The number of hydrogen-bond donors (Lipinski definition) is 1. The molecular weight excluding hydrogens is 272 g/mol. The highest BCUT2D eigenvalue weighted by Crippen LogP contribution is 2.27. The number of ether oxygens (including phenoxy) is 2. The maximum atomic E-state index is 12.0. The van der Waals surface area contributed by atoms with E-state index in [-0.39, 0.29) is 25.4 Å². The zero-order chi connectivity index (χ0) is 15.7. The summed E-state index contributed by atoms with van der Waals surface area (Å²) in [7, 11) is 0. The third-order valence-corrected chi connectivity index (χ3v) is 3.08. The van der Waals surface area contributed by atoms with Gasteiger partial charge in [0.25, 0.3) is 0 Å². The van der Waals surface area contributed by atoms with Crippen LogP contribution in [0.5, 0.6) is 0 Å². The van der Waals surface area contributed by atoms with E-state index in [1.165, 1.54) is 0 Å². The zero-order valence-electron chi connectivity index (χ0n) is 12.5. The predicted molar refractivity (Wildman–Crippen MR) is 77.4 cm³/mol. The molecule has 0 fully saturated rings. The lowest BCUT2D eigenvalue weighted by molar-refractivity contribution is -0.153. The van der Waals surface area contributed by atoms with E-state index in [4.69, 9.17) is 9.47 Å². The van der Waals surface area contributed by atoms with Crippen molar-refractivity contribution < 1.29 is 24.2 Å². The Morgan fingerprint density at radius 1 is 1.10 bits per heavy atom. The first-order chi connectivity index (χ1) is 10.1. The Morgan fingerprint density at radius 3 is 2.29 bits per heavy atom. The Morgan fingerprint density at radius 2 is 1.71 bits per heavy atom. The van der Waals surface area contributed by atoms with Crippen LogP contribution in [0.4, 0.5) is 0 Å². The van der Waals surface area contributed by atoms with Gasteiger partial charge in [0, 0.05) is 6.42 Å². The molecule has 5 heteroatoms. The predicted octanol–water partition coefficient (Wildman–Crippen LogP) is 2.24. The first kappa shape index (κ1) is 17.2. The fraction of sp³-hybridized carbons (Fsp3) is 0.500. The first-order valence-electron chi connectivity index (χ1n) is 7.15. The summed E-state index contributed by atoms with van der Waals surface area (Å²) in [6.45, 7) is 3.95. The molecule has 0 aromatic heterocycles. The number of hydrogen-bond acceptors (Lipinski definition) is 5. The summed E-state index contributed by atoms with van der Waals surface area (Å²) in [5, 5.41) is 10.4. The van der Waals surface area contributed by atoms with Gasteiger partial charge in [-0.3, -0.25) is 9.59 Å². The van der Waals surface area contributed by atoms with E-state index in [1.54, 1.807) is 38.1 Å². The molecule has 5 nitrogen and oxygen atoms in total. The van der Waals surface area contributed by atoms with E-state index in [9.17, 15) is 14.7 Å². The van der Waals surface area contributed by atoms with Gasteiger partial charge in [0.15, 0.2) is 0 Å². The quantitative estimate of drug-likeness (QED) is 0.744. The Balaban J connectivity index is 2.77. The lowest BCUT2D eigenvalue weighted by Crippen LogP contribution is -2.25. The lowest BCUT2D eigenvalue weighted by Gasteiger charge is -2.21. The minimum absolute atomic E-state index is 0.0706. The largest absolute Gasteiger partial charge is 0.466 e. The van der Waals surface area contributed by atoms with Gasteiger partial charge >= 0.3 is 11.9 Å². The minimum atomic E-state index is -1.00. The maximum Gasteiger partial charge on any atom is 0.311 e. The van der Waals surface area contributed by atoms with Crippen LogP contribution in [0.2, 0.25) is 0 Å². The molecule has 0 bridgehead atoms. The molecule has 0 aliphatic rings. The molecule has 0 saturated carbocycles. The summed E-state index contributed by atoms with van der Waals surface area (Å²) >= 11 is 0. The van der Waals surface area contributed by atoms with Crippen LogP contribution in [0, 0.1) is 5.92 Å². The van der Waals surface area contributed by atoms with Gasteiger partial charge in [-0.15, -0.1) is 0 Å². The molecule has 21 heavy (non-hydrogen) atoms. The van der Waals surface area contributed by atoms with Gasteiger partial charge < -0.3 is 14.6 Å². The highest BCUT2D eigenvalue weighted by molar-refractivity contribution is 5.75. The molecule has 1 rings (SSSR count). The highest BCUT2D eigenvalue weighted by atomic mass is 16.5. The average Bonchev–Trinajstić information content (AvgIpc) is 2.48. The number of carbonyl (C=O) groups is 2. The van der Waals surface area contributed by atoms with Crippen molar-refractivity contribution in [3.05, 3.63) is 35.9 Å². The normalized spacial score (nSPS) is 13.3.